The number of carbonyl (C=O) groups excluding carboxylic acids is 1. The van der Waals surface area contributed by atoms with Gasteiger partial charge in [-0.3, -0.25) is 9.78 Å². The van der Waals surface area contributed by atoms with Gasteiger partial charge in [-0.2, -0.15) is 0 Å². The Hall–Kier alpha value is -2.44. The molecule has 1 aromatic heterocycles. The quantitative estimate of drug-likeness (QED) is 0.695. The number of allylic oxidation sites excluding steroid dienone is 1. The Bertz CT molecular complexity index is 861. The summed E-state index contributed by atoms with van der Waals surface area (Å²) in [5.41, 5.74) is 2.24. The van der Waals surface area contributed by atoms with Gasteiger partial charge in [-0.15, -0.1) is 11.8 Å². The maximum atomic E-state index is 13.4. The first-order valence-electron chi connectivity index (χ1n) is 9.74. The molecule has 2 aromatic rings. The van der Waals surface area contributed by atoms with Gasteiger partial charge in [-0.05, 0) is 91.1 Å². The Morgan fingerprint density at radius 1 is 1.24 bits per heavy atom. The summed E-state index contributed by atoms with van der Waals surface area (Å²) in [5.74, 6) is 0.0528. The number of nitrogens with zero attached hydrogens (tertiary/aromatic N) is 2. The predicted molar refractivity (Wildman–Crippen MR) is 118 cm³/mol. The Kier molecular flexibility index (Phi) is 7.61. The normalized spacial score (nSPS) is 15.2. The van der Waals surface area contributed by atoms with Crippen LogP contribution in [0.4, 0.5) is 10.1 Å². The van der Waals surface area contributed by atoms with Crippen molar-refractivity contribution in [1.82, 2.24) is 10.3 Å². The van der Waals surface area contributed by atoms with Gasteiger partial charge < -0.3 is 10.2 Å². The van der Waals surface area contributed by atoms with Gasteiger partial charge in [0.1, 0.15) is 5.82 Å². The summed E-state index contributed by atoms with van der Waals surface area (Å²) in [6.45, 7) is 8.72. The number of anilines is 1. The van der Waals surface area contributed by atoms with E-state index in [1.165, 1.54) is 17.0 Å². The van der Waals surface area contributed by atoms with E-state index in [0.29, 0.717) is 23.7 Å². The third-order valence-electron chi connectivity index (χ3n) is 4.92. The van der Waals surface area contributed by atoms with Crippen LogP contribution in [0.2, 0.25) is 0 Å². The average Bonchev–Trinajstić information content (AvgIpc) is 2.77. The Balaban J connectivity index is 1.74. The molecule has 0 radical (unpaired) electrons. The van der Waals surface area contributed by atoms with E-state index in [0.717, 1.165) is 31.5 Å². The van der Waals surface area contributed by atoms with Crippen LogP contribution in [0.15, 0.2) is 71.3 Å². The zero-order valence-electron chi connectivity index (χ0n) is 16.6. The van der Waals surface area contributed by atoms with Crippen LogP contribution in [0, 0.1) is 11.7 Å². The number of benzene rings is 1. The van der Waals surface area contributed by atoms with Crippen molar-refractivity contribution in [1.29, 1.82) is 0 Å². The SMILES string of the molecule is C=C(S/C=C(\C)CN(C(=O)c1ccncc1)c1ccc(F)cc1)C1CCNCC1. The molecular formula is C23H26FN3OS. The van der Waals surface area contributed by atoms with Gasteiger partial charge in [0.15, 0.2) is 0 Å². The van der Waals surface area contributed by atoms with Gasteiger partial charge in [0.05, 0.1) is 0 Å². The van der Waals surface area contributed by atoms with Gasteiger partial charge in [-0.25, -0.2) is 4.39 Å². The number of piperidine rings is 1. The topological polar surface area (TPSA) is 45.2 Å². The van der Waals surface area contributed by atoms with Crippen LogP contribution in [0.3, 0.4) is 0 Å². The van der Waals surface area contributed by atoms with Crippen LogP contribution in [-0.2, 0) is 0 Å². The van der Waals surface area contributed by atoms with Gasteiger partial charge in [0.2, 0.25) is 0 Å². The average molecular weight is 412 g/mol. The molecule has 4 nitrogen and oxygen atoms in total. The molecule has 29 heavy (non-hydrogen) atoms. The van der Waals surface area contributed by atoms with Crippen molar-refractivity contribution in [3.05, 3.63) is 82.6 Å². The summed E-state index contributed by atoms with van der Waals surface area (Å²) >= 11 is 1.65. The predicted octanol–water partition coefficient (Wildman–Crippen LogP) is 5.02. The Morgan fingerprint density at radius 3 is 2.55 bits per heavy atom. The standard InChI is InChI=1S/C23H26FN3OS/c1-17(16-29-18(2)19-7-11-25-12-8-19)15-27(22-5-3-21(24)4-6-22)23(28)20-9-13-26-14-10-20/h3-6,9-10,13-14,16,19,25H,2,7-8,11-12,15H2,1H3/b17-16+. The number of thioether (sulfide) groups is 1. The lowest BCUT2D eigenvalue weighted by Gasteiger charge is -2.25. The molecule has 0 saturated carbocycles. The maximum Gasteiger partial charge on any atom is 0.258 e. The monoisotopic (exact) mass is 411 g/mol. The highest BCUT2D eigenvalue weighted by Crippen LogP contribution is 2.31. The van der Waals surface area contributed by atoms with Crippen molar-refractivity contribution in [2.75, 3.05) is 24.5 Å². The van der Waals surface area contributed by atoms with E-state index in [-0.39, 0.29) is 11.7 Å². The minimum Gasteiger partial charge on any atom is -0.317 e. The molecule has 1 aliphatic rings. The zero-order valence-corrected chi connectivity index (χ0v) is 17.4. The highest BCUT2D eigenvalue weighted by Gasteiger charge is 2.19. The van der Waals surface area contributed by atoms with E-state index in [1.807, 2.05) is 6.92 Å². The van der Waals surface area contributed by atoms with Crippen molar-refractivity contribution < 1.29 is 9.18 Å². The third kappa shape index (κ3) is 6.02. The van der Waals surface area contributed by atoms with E-state index in [9.17, 15) is 9.18 Å². The van der Waals surface area contributed by atoms with E-state index >= 15 is 0 Å². The van der Waals surface area contributed by atoms with Crippen molar-refractivity contribution >= 4 is 23.4 Å². The molecule has 1 aliphatic heterocycles. The second-order valence-electron chi connectivity index (χ2n) is 7.18. The number of pyridine rings is 1. The molecule has 0 aliphatic carbocycles. The Labute approximate surface area is 175 Å². The number of rotatable bonds is 7. The van der Waals surface area contributed by atoms with Gasteiger partial charge in [0.25, 0.3) is 5.91 Å². The molecule has 3 rings (SSSR count). The van der Waals surface area contributed by atoms with Gasteiger partial charge >= 0.3 is 0 Å². The second kappa shape index (κ2) is 10.4. The van der Waals surface area contributed by atoms with Crippen molar-refractivity contribution in [2.24, 2.45) is 5.92 Å². The summed E-state index contributed by atoms with van der Waals surface area (Å²) in [6, 6.07) is 9.37. The maximum absolute atomic E-state index is 13.4. The molecule has 1 aromatic carbocycles. The summed E-state index contributed by atoms with van der Waals surface area (Å²) in [4.78, 5) is 19.9. The van der Waals surface area contributed by atoms with Crippen molar-refractivity contribution in [3.8, 4) is 0 Å². The summed E-state index contributed by atoms with van der Waals surface area (Å²) in [6.07, 6.45) is 5.41. The molecule has 0 spiro atoms. The number of amides is 1. The van der Waals surface area contributed by atoms with Crippen LogP contribution in [0.5, 0.6) is 0 Å². The largest absolute Gasteiger partial charge is 0.317 e. The molecule has 1 saturated heterocycles. The van der Waals surface area contributed by atoms with Gasteiger partial charge in [0, 0.05) is 30.2 Å². The fourth-order valence-electron chi connectivity index (χ4n) is 3.25. The molecule has 0 unspecified atom stereocenters. The first kappa shape index (κ1) is 21.3. The summed E-state index contributed by atoms with van der Waals surface area (Å²) in [7, 11) is 0. The molecule has 1 N–H and O–H groups in total. The molecule has 152 valence electrons. The molecule has 1 amide bonds. The Morgan fingerprint density at radius 2 is 1.90 bits per heavy atom. The lowest BCUT2D eigenvalue weighted by atomic mass is 9.98. The van der Waals surface area contributed by atoms with Crippen LogP contribution in [0.1, 0.15) is 30.1 Å². The van der Waals surface area contributed by atoms with Crippen LogP contribution < -0.4 is 10.2 Å². The number of aromatic nitrogens is 1. The summed E-state index contributed by atoms with van der Waals surface area (Å²) < 4.78 is 13.4. The van der Waals surface area contributed by atoms with E-state index in [2.05, 4.69) is 22.3 Å². The first-order valence-corrected chi connectivity index (χ1v) is 10.6. The molecule has 1 fully saturated rings. The molecule has 0 atom stereocenters. The number of halogens is 1. The zero-order chi connectivity index (χ0) is 20.6. The molecule has 2 heterocycles. The first-order chi connectivity index (χ1) is 14.0. The van der Waals surface area contributed by atoms with E-state index in [1.54, 1.807) is 53.3 Å². The van der Waals surface area contributed by atoms with Crippen molar-refractivity contribution in [2.45, 2.75) is 19.8 Å². The van der Waals surface area contributed by atoms with E-state index < -0.39 is 0 Å². The number of carbonyl (C=O) groups is 1. The van der Waals surface area contributed by atoms with Crippen molar-refractivity contribution in [3.63, 3.8) is 0 Å². The highest BCUT2D eigenvalue weighted by molar-refractivity contribution is 8.05. The minimum atomic E-state index is -0.328. The van der Waals surface area contributed by atoms with Crippen LogP contribution >= 0.6 is 11.8 Å². The fraction of sp³-hybridized carbons (Fsp3) is 0.304. The summed E-state index contributed by atoms with van der Waals surface area (Å²) in [5, 5.41) is 5.44. The second-order valence-corrected chi connectivity index (χ2v) is 8.17. The number of hydrogen-bond donors (Lipinski definition) is 1. The highest BCUT2D eigenvalue weighted by atomic mass is 32.2. The van der Waals surface area contributed by atoms with Crippen LogP contribution in [0.25, 0.3) is 0 Å². The number of nitrogens with one attached hydrogen (secondary N) is 1. The lowest BCUT2D eigenvalue weighted by Crippen LogP contribution is -2.32. The molecular weight excluding hydrogens is 385 g/mol. The molecule has 6 heteroatoms. The van der Waals surface area contributed by atoms with Gasteiger partial charge in [-0.1, -0.05) is 6.58 Å². The smallest absolute Gasteiger partial charge is 0.258 e. The number of hydrogen-bond acceptors (Lipinski definition) is 4. The van der Waals surface area contributed by atoms with Crippen LogP contribution in [-0.4, -0.2) is 30.5 Å². The minimum absolute atomic E-state index is 0.145. The molecule has 0 bridgehead atoms. The fourth-order valence-corrected chi connectivity index (χ4v) is 4.11. The lowest BCUT2D eigenvalue weighted by molar-refractivity contribution is 0.0989. The third-order valence-corrected chi connectivity index (χ3v) is 6.08. The van der Waals surface area contributed by atoms with E-state index in [4.69, 9.17) is 0 Å².